The molecule has 1 saturated heterocycles. The van der Waals surface area contributed by atoms with Gasteiger partial charge >= 0.3 is 0 Å². The minimum Gasteiger partial charge on any atom is -0.507 e. The molecule has 0 spiro atoms. The number of nitrogens with zero attached hydrogens (tertiary/aromatic N) is 1. The zero-order valence-corrected chi connectivity index (χ0v) is 8.85. The SMILES string of the molecule is O=Cc1cc(N2CCC(=O)CC2)ccc1O. The summed E-state index contributed by atoms with van der Waals surface area (Å²) < 4.78 is 0. The number of benzene rings is 1. The number of aromatic hydroxyl groups is 1. The lowest BCUT2D eigenvalue weighted by molar-refractivity contribution is -0.119. The van der Waals surface area contributed by atoms with Gasteiger partial charge in [0, 0.05) is 31.6 Å². The predicted octanol–water partition coefficient (Wildman–Crippen LogP) is 1.37. The fourth-order valence-corrected chi connectivity index (χ4v) is 1.85. The Morgan fingerprint density at radius 2 is 1.94 bits per heavy atom. The number of rotatable bonds is 2. The second-order valence-electron chi connectivity index (χ2n) is 3.89. The number of carbonyl (C=O) groups is 2. The third-order valence-electron chi connectivity index (χ3n) is 2.82. The molecule has 0 unspecified atom stereocenters. The Bertz CT molecular complexity index is 418. The average molecular weight is 219 g/mol. The van der Waals surface area contributed by atoms with E-state index in [-0.39, 0.29) is 17.1 Å². The lowest BCUT2D eigenvalue weighted by Crippen LogP contribution is -2.33. The molecule has 0 aliphatic carbocycles. The second-order valence-corrected chi connectivity index (χ2v) is 3.89. The fourth-order valence-electron chi connectivity index (χ4n) is 1.85. The molecule has 0 radical (unpaired) electrons. The van der Waals surface area contributed by atoms with Gasteiger partial charge in [-0.05, 0) is 18.2 Å². The standard InChI is InChI=1S/C12H13NO3/c14-8-9-7-10(1-2-12(9)16)13-5-3-11(15)4-6-13/h1-2,7-8,16H,3-6H2. The van der Waals surface area contributed by atoms with Crippen molar-refractivity contribution in [1.82, 2.24) is 0 Å². The van der Waals surface area contributed by atoms with Gasteiger partial charge in [0.05, 0.1) is 5.56 Å². The number of anilines is 1. The molecule has 4 nitrogen and oxygen atoms in total. The first-order valence-electron chi connectivity index (χ1n) is 5.25. The van der Waals surface area contributed by atoms with E-state index in [0.717, 1.165) is 5.69 Å². The van der Waals surface area contributed by atoms with Crippen molar-refractivity contribution in [3.8, 4) is 5.75 Å². The zero-order valence-electron chi connectivity index (χ0n) is 8.85. The summed E-state index contributed by atoms with van der Waals surface area (Å²) >= 11 is 0. The summed E-state index contributed by atoms with van der Waals surface area (Å²) in [6.07, 6.45) is 1.74. The molecule has 1 heterocycles. The Labute approximate surface area is 93.5 Å². The highest BCUT2D eigenvalue weighted by molar-refractivity contribution is 5.83. The van der Waals surface area contributed by atoms with E-state index in [1.807, 2.05) is 4.90 Å². The predicted molar refractivity (Wildman–Crippen MR) is 59.9 cm³/mol. The maximum Gasteiger partial charge on any atom is 0.153 e. The Morgan fingerprint density at radius 3 is 2.56 bits per heavy atom. The van der Waals surface area contributed by atoms with Crippen LogP contribution in [0.25, 0.3) is 0 Å². The van der Waals surface area contributed by atoms with Gasteiger partial charge in [0.25, 0.3) is 0 Å². The number of Topliss-reactive ketones (excluding diaryl/α,β-unsaturated/α-hetero) is 1. The number of hydrogen-bond donors (Lipinski definition) is 1. The Morgan fingerprint density at radius 1 is 1.25 bits per heavy atom. The van der Waals surface area contributed by atoms with Crippen molar-refractivity contribution in [3.05, 3.63) is 23.8 Å². The highest BCUT2D eigenvalue weighted by Crippen LogP contribution is 2.24. The van der Waals surface area contributed by atoms with Crippen LogP contribution in [0.3, 0.4) is 0 Å². The first-order valence-corrected chi connectivity index (χ1v) is 5.25. The van der Waals surface area contributed by atoms with Crippen molar-refractivity contribution in [1.29, 1.82) is 0 Å². The van der Waals surface area contributed by atoms with Crippen LogP contribution in [0, 0.1) is 0 Å². The smallest absolute Gasteiger partial charge is 0.153 e. The van der Waals surface area contributed by atoms with Crippen LogP contribution in [-0.2, 0) is 4.79 Å². The van der Waals surface area contributed by atoms with Crippen molar-refractivity contribution >= 4 is 17.8 Å². The molecule has 1 aliphatic rings. The van der Waals surface area contributed by atoms with Crippen LogP contribution in [0.15, 0.2) is 18.2 Å². The van der Waals surface area contributed by atoms with E-state index in [9.17, 15) is 14.7 Å². The van der Waals surface area contributed by atoms with Gasteiger partial charge in [-0.3, -0.25) is 9.59 Å². The van der Waals surface area contributed by atoms with E-state index < -0.39 is 0 Å². The largest absolute Gasteiger partial charge is 0.507 e. The van der Waals surface area contributed by atoms with Crippen molar-refractivity contribution in [2.45, 2.75) is 12.8 Å². The Balaban J connectivity index is 2.20. The van der Waals surface area contributed by atoms with E-state index in [4.69, 9.17) is 0 Å². The molecule has 2 rings (SSSR count). The van der Waals surface area contributed by atoms with E-state index >= 15 is 0 Å². The summed E-state index contributed by atoms with van der Waals surface area (Å²) in [5.74, 6) is 0.275. The van der Waals surface area contributed by atoms with Crippen molar-refractivity contribution in [3.63, 3.8) is 0 Å². The van der Waals surface area contributed by atoms with Gasteiger partial charge < -0.3 is 10.0 Å². The number of carbonyl (C=O) groups excluding carboxylic acids is 2. The van der Waals surface area contributed by atoms with Crippen LogP contribution in [-0.4, -0.2) is 30.3 Å². The first kappa shape index (κ1) is 10.7. The molecule has 0 aromatic heterocycles. The third-order valence-corrected chi connectivity index (χ3v) is 2.82. The molecule has 16 heavy (non-hydrogen) atoms. The molecule has 1 aliphatic heterocycles. The van der Waals surface area contributed by atoms with E-state index in [2.05, 4.69) is 0 Å². The zero-order chi connectivity index (χ0) is 11.5. The summed E-state index contributed by atoms with van der Waals surface area (Å²) in [6.45, 7) is 1.36. The highest BCUT2D eigenvalue weighted by atomic mass is 16.3. The molecule has 0 atom stereocenters. The molecule has 1 fully saturated rings. The van der Waals surface area contributed by atoms with Gasteiger partial charge in [-0.25, -0.2) is 0 Å². The van der Waals surface area contributed by atoms with Crippen LogP contribution in [0.5, 0.6) is 5.75 Å². The van der Waals surface area contributed by atoms with Gasteiger partial charge in [-0.2, -0.15) is 0 Å². The molecular weight excluding hydrogens is 206 g/mol. The first-order chi connectivity index (χ1) is 7.70. The number of piperidine rings is 1. The molecule has 0 amide bonds. The molecule has 1 N–H and O–H groups in total. The maximum atomic E-state index is 11.1. The maximum absolute atomic E-state index is 11.1. The van der Waals surface area contributed by atoms with Crippen LogP contribution >= 0.6 is 0 Å². The number of aldehydes is 1. The minimum atomic E-state index is -0.00756. The van der Waals surface area contributed by atoms with Gasteiger partial charge in [0.15, 0.2) is 6.29 Å². The van der Waals surface area contributed by atoms with Crippen molar-refractivity contribution in [2.75, 3.05) is 18.0 Å². The van der Waals surface area contributed by atoms with Gasteiger partial charge in [-0.15, -0.1) is 0 Å². The lowest BCUT2D eigenvalue weighted by Gasteiger charge is -2.28. The molecule has 4 heteroatoms. The highest BCUT2D eigenvalue weighted by Gasteiger charge is 2.17. The normalized spacial score (nSPS) is 16.2. The van der Waals surface area contributed by atoms with Gasteiger partial charge in [0.1, 0.15) is 11.5 Å². The number of phenols is 1. The number of ketones is 1. The Hall–Kier alpha value is -1.84. The molecule has 84 valence electrons. The van der Waals surface area contributed by atoms with E-state index in [1.54, 1.807) is 12.1 Å². The number of phenolic OH excluding ortho intramolecular Hbond substituents is 1. The van der Waals surface area contributed by atoms with Gasteiger partial charge in [0.2, 0.25) is 0 Å². The molecular formula is C12H13NO3. The topological polar surface area (TPSA) is 57.6 Å². The van der Waals surface area contributed by atoms with Crippen molar-refractivity contribution in [2.24, 2.45) is 0 Å². The summed E-state index contributed by atoms with van der Waals surface area (Å²) in [4.78, 5) is 23.8. The van der Waals surface area contributed by atoms with E-state index in [1.165, 1.54) is 6.07 Å². The molecule has 0 bridgehead atoms. The quantitative estimate of drug-likeness (QED) is 0.763. The van der Waals surface area contributed by atoms with Crippen LogP contribution in [0.2, 0.25) is 0 Å². The van der Waals surface area contributed by atoms with E-state index in [0.29, 0.717) is 32.2 Å². The number of hydrogen-bond acceptors (Lipinski definition) is 4. The third kappa shape index (κ3) is 2.05. The Kier molecular flexibility index (Phi) is 2.90. The molecule has 1 aromatic carbocycles. The van der Waals surface area contributed by atoms with Crippen molar-refractivity contribution < 1.29 is 14.7 Å². The van der Waals surface area contributed by atoms with Crippen LogP contribution < -0.4 is 4.90 Å². The average Bonchev–Trinajstić information content (AvgIpc) is 2.31. The van der Waals surface area contributed by atoms with Gasteiger partial charge in [-0.1, -0.05) is 0 Å². The van der Waals surface area contributed by atoms with Crippen LogP contribution in [0.1, 0.15) is 23.2 Å². The summed E-state index contributed by atoms with van der Waals surface area (Å²) in [5, 5.41) is 9.37. The van der Waals surface area contributed by atoms with Crippen LogP contribution in [0.4, 0.5) is 5.69 Å². The lowest BCUT2D eigenvalue weighted by atomic mass is 10.1. The minimum absolute atomic E-state index is 0.00756. The molecule has 1 aromatic rings. The fraction of sp³-hybridized carbons (Fsp3) is 0.333. The summed E-state index contributed by atoms with van der Waals surface area (Å²) in [7, 11) is 0. The molecule has 0 saturated carbocycles. The monoisotopic (exact) mass is 219 g/mol. The summed E-state index contributed by atoms with van der Waals surface area (Å²) in [6, 6.07) is 4.92. The second kappa shape index (κ2) is 4.35. The summed E-state index contributed by atoms with van der Waals surface area (Å²) in [5.41, 5.74) is 1.17.